The van der Waals surface area contributed by atoms with Gasteiger partial charge in [-0.05, 0) is 0 Å². The summed E-state index contributed by atoms with van der Waals surface area (Å²) in [6, 6.07) is 0. The molecule has 0 rings (SSSR count). The first-order valence-electron chi connectivity index (χ1n) is 8.01. The summed E-state index contributed by atoms with van der Waals surface area (Å²) in [5.41, 5.74) is 0. The molecule has 0 saturated carbocycles. The van der Waals surface area contributed by atoms with E-state index in [-0.39, 0.29) is 0 Å². The standard InChI is InChI=1S/2C5H11.2C3H7.Sn/c2*1-3-5-4-2;2*1-3-2;/h2*1,3-5H2,2H3;2*3H,1-2H3;. The van der Waals surface area contributed by atoms with E-state index >= 15 is 0 Å². The third kappa shape index (κ3) is 5.98. The molecule has 0 aromatic rings. The van der Waals surface area contributed by atoms with Gasteiger partial charge in [0.25, 0.3) is 0 Å². The third-order valence-corrected chi connectivity index (χ3v) is 25.3. The number of hydrogen-bond donors (Lipinski definition) is 0. The summed E-state index contributed by atoms with van der Waals surface area (Å²) in [4.78, 5) is 0. The Morgan fingerprint density at radius 3 is 1.24 bits per heavy atom. The van der Waals surface area contributed by atoms with Crippen molar-refractivity contribution in [2.24, 2.45) is 0 Å². The average molecular weight is 347 g/mol. The molecule has 0 amide bonds. The second-order valence-electron chi connectivity index (χ2n) is 6.46. The van der Waals surface area contributed by atoms with Crippen LogP contribution in [-0.2, 0) is 0 Å². The van der Waals surface area contributed by atoms with Gasteiger partial charge < -0.3 is 0 Å². The van der Waals surface area contributed by atoms with Gasteiger partial charge in [0, 0.05) is 0 Å². The van der Waals surface area contributed by atoms with Gasteiger partial charge in [-0.1, -0.05) is 0 Å². The molecule has 0 aromatic heterocycles. The van der Waals surface area contributed by atoms with Gasteiger partial charge in [0.05, 0.1) is 0 Å². The minimum absolute atomic E-state index is 1.04. The quantitative estimate of drug-likeness (QED) is 0.307. The van der Waals surface area contributed by atoms with Gasteiger partial charge in [0.15, 0.2) is 0 Å². The molecule has 0 aliphatic heterocycles. The summed E-state index contributed by atoms with van der Waals surface area (Å²) in [5, 5.41) is 0. The van der Waals surface area contributed by atoms with E-state index in [0.717, 1.165) is 7.87 Å². The van der Waals surface area contributed by atoms with E-state index in [1.165, 1.54) is 38.5 Å². The summed E-state index contributed by atoms with van der Waals surface area (Å²) in [5.74, 6) is 0. The van der Waals surface area contributed by atoms with E-state index in [1.54, 1.807) is 8.87 Å². The monoisotopic (exact) mass is 348 g/mol. The molecule has 0 nitrogen and oxygen atoms in total. The van der Waals surface area contributed by atoms with Crippen molar-refractivity contribution in [2.45, 2.75) is 96.8 Å². The van der Waals surface area contributed by atoms with Gasteiger partial charge in [-0.15, -0.1) is 0 Å². The molecule has 0 aliphatic rings. The molecular formula is C16H36Sn. The molecule has 104 valence electrons. The molecule has 17 heavy (non-hydrogen) atoms. The fourth-order valence-corrected chi connectivity index (χ4v) is 19.6. The topological polar surface area (TPSA) is 0 Å². The van der Waals surface area contributed by atoms with Gasteiger partial charge in [-0.3, -0.25) is 0 Å². The number of hydrogen-bond acceptors (Lipinski definition) is 0. The van der Waals surface area contributed by atoms with E-state index in [1.807, 2.05) is 0 Å². The van der Waals surface area contributed by atoms with Crippen molar-refractivity contribution in [1.82, 2.24) is 0 Å². The Morgan fingerprint density at radius 1 is 0.647 bits per heavy atom. The van der Waals surface area contributed by atoms with Gasteiger partial charge in [-0.2, -0.15) is 0 Å². The van der Waals surface area contributed by atoms with Gasteiger partial charge in [0.2, 0.25) is 0 Å². The summed E-state index contributed by atoms with van der Waals surface area (Å²) in [6.07, 6.45) is 8.74. The Kier molecular flexibility index (Phi) is 10.1. The van der Waals surface area contributed by atoms with Crippen LogP contribution in [0.15, 0.2) is 0 Å². The zero-order valence-corrected chi connectivity index (χ0v) is 16.2. The number of rotatable bonds is 10. The van der Waals surface area contributed by atoms with Crippen molar-refractivity contribution in [3.05, 3.63) is 0 Å². The maximum absolute atomic E-state index is 2.54. The van der Waals surface area contributed by atoms with Crippen molar-refractivity contribution in [3.63, 3.8) is 0 Å². The molecule has 1 heteroatoms. The molecule has 0 heterocycles. The molecule has 0 radical (unpaired) electrons. The van der Waals surface area contributed by atoms with E-state index < -0.39 is 18.4 Å². The first kappa shape index (κ1) is 17.8. The Labute approximate surface area is 115 Å². The van der Waals surface area contributed by atoms with Crippen LogP contribution >= 0.6 is 0 Å². The second kappa shape index (κ2) is 9.69. The van der Waals surface area contributed by atoms with Crippen LogP contribution in [0.4, 0.5) is 0 Å². The Hall–Kier alpha value is 0.799. The summed E-state index contributed by atoms with van der Waals surface area (Å²) in [6.45, 7) is 14.8. The summed E-state index contributed by atoms with van der Waals surface area (Å²) >= 11 is -1.86. The van der Waals surface area contributed by atoms with E-state index in [9.17, 15) is 0 Å². The second-order valence-corrected chi connectivity index (χ2v) is 22.9. The molecule has 0 aromatic carbocycles. The van der Waals surface area contributed by atoms with E-state index in [2.05, 4.69) is 41.5 Å². The van der Waals surface area contributed by atoms with Crippen molar-refractivity contribution in [3.8, 4) is 0 Å². The van der Waals surface area contributed by atoms with Gasteiger partial charge in [-0.25, -0.2) is 0 Å². The Bertz CT molecular complexity index is 152. The normalized spacial score (nSPS) is 12.7. The van der Waals surface area contributed by atoms with Crippen molar-refractivity contribution in [1.29, 1.82) is 0 Å². The molecule has 0 N–H and O–H groups in total. The Morgan fingerprint density at radius 2 is 1.00 bits per heavy atom. The minimum atomic E-state index is -1.86. The van der Waals surface area contributed by atoms with E-state index in [0.29, 0.717) is 0 Å². The van der Waals surface area contributed by atoms with Crippen molar-refractivity contribution in [2.75, 3.05) is 0 Å². The zero-order valence-electron chi connectivity index (χ0n) is 13.3. The molecule has 0 saturated heterocycles. The van der Waals surface area contributed by atoms with Crippen molar-refractivity contribution < 1.29 is 0 Å². The van der Waals surface area contributed by atoms with Gasteiger partial charge in [0.1, 0.15) is 0 Å². The fraction of sp³-hybridized carbons (Fsp3) is 1.00. The Balaban J connectivity index is 4.50. The molecule has 0 atom stereocenters. The van der Waals surface area contributed by atoms with Crippen LogP contribution in [-0.4, -0.2) is 18.4 Å². The van der Waals surface area contributed by atoms with E-state index in [4.69, 9.17) is 0 Å². The zero-order chi connectivity index (χ0) is 13.3. The number of unbranched alkanes of at least 4 members (excludes halogenated alkanes) is 4. The molecule has 0 fully saturated rings. The maximum atomic E-state index is 2.54. The predicted octanol–water partition coefficient (Wildman–Crippen LogP) is 6.64. The average Bonchev–Trinajstić information content (AvgIpc) is 2.26. The van der Waals surface area contributed by atoms with Crippen LogP contribution in [0.3, 0.4) is 0 Å². The van der Waals surface area contributed by atoms with Crippen LogP contribution < -0.4 is 0 Å². The van der Waals surface area contributed by atoms with Crippen LogP contribution in [0.2, 0.25) is 16.7 Å². The predicted molar refractivity (Wildman–Crippen MR) is 84.6 cm³/mol. The SMILES string of the molecule is CCCC[CH2][Sn]([CH2]CCCC)([CH](C)C)[CH](C)C. The third-order valence-electron chi connectivity index (χ3n) is 4.79. The fourth-order valence-electron chi connectivity index (χ4n) is 3.35. The summed E-state index contributed by atoms with van der Waals surface area (Å²) < 4.78 is 5.39. The van der Waals surface area contributed by atoms with Crippen LogP contribution in [0.25, 0.3) is 0 Å². The molecular weight excluding hydrogens is 311 g/mol. The van der Waals surface area contributed by atoms with Crippen LogP contribution in [0.5, 0.6) is 0 Å². The van der Waals surface area contributed by atoms with Crippen molar-refractivity contribution >= 4 is 18.4 Å². The first-order valence-corrected chi connectivity index (χ1v) is 15.3. The summed E-state index contributed by atoms with van der Waals surface area (Å²) in [7, 11) is 0. The molecule has 0 spiro atoms. The molecule has 0 unspecified atom stereocenters. The first-order chi connectivity index (χ1) is 8.01. The van der Waals surface area contributed by atoms with Gasteiger partial charge >= 0.3 is 115 Å². The van der Waals surface area contributed by atoms with Crippen LogP contribution in [0.1, 0.15) is 80.1 Å². The molecule has 0 bridgehead atoms. The molecule has 0 aliphatic carbocycles. The van der Waals surface area contributed by atoms with Crippen LogP contribution in [0, 0.1) is 0 Å².